The lowest BCUT2D eigenvalue weighted by atomic mass is 10.2. The van der Waals surface area contributed by atoms with Crippen LogP contribution in [0.3, 0.4) is 0 Å². The molecule has 126 valence electrons. The van der Waals surface area contributed by atoms with Crippen LogP contribution < -0.4 is 15.0 Å². The summed E-state index contributed by atoms with van der Waals surface area (Å²) in [7, 11) is 0. The second kappa shape index (κ2) is 6.41. The van der Waals surface area contributed by atoms with Crippen molar-refractivity contribution in [1.29, 1.82) is 0 Å². The molecule has 0 unspecified atom stereocenters. The molecule has 0 radical (unpaired) electrons. The summed E-state index contributed by atoms with van der Waals surface area (Å²) in [6.45, 7) is 0.285. The third-order valence-corrected chi connectivity index (χ3v) is 4.04. The highest BCUT2D eigenvalue weighted by Crippen LogP contribution is 2.32. The topological polar surface area (TPSA) is 73.6 Å². The van der Waals surface area contributed by atoms with E-state index in [9.17, 15) is 9.90 Å². The lowest BCUT2D eigenvalue weighted by molar-refractivity contribution is 0.174. The van der Waals surface area contributed by atoms with E-state index in [4.69, 9.17) is 9.47 Å². The molecule has 0 saturated heterocycles. The smallest absolute Gasteiger partial charge is 0.261 e. The molecule has 0 aliphatic carbocycles. The highest BCUT2D eigenvalue weighted by Gasteiger charge is 2.12. The summed E-state index contributed by atoms with van der Waals surface area (Å²) in [5.74, 6) is 1.91. The molecule has 1 N–H and O–H groups in total. The first kappa shape index (κ1) is 15.4. The van der Waals surface area contributed by atoms with E-state index in [0.717, 1.165) is 11.3 Å². The molecule has 6 nitrogen and oxygen atoms in total. The lowest BCUT2D eigenvalue weighted by Crippen LogP contribution is -2.25. The number of aromatic nitrogens is 2. The summed E-state index contributed by atoms with van der Waals surface area (Å²) in [6.07, 6.45) is 3.62. The number of ether oxygens (including phenoxy) is 2. The molecule has 4 rings (SSSR count). The van der Waals surface area contributed by atoms with Crippen LogP contribution in [0, 0.1) is 0 Å². The summed E-state index contributed by atoms with van der Waals surface area (Å²) < 4.78 is 12.1. The zero-order valence-electron chi connectivity index (χ0n) is 13.4. The monoisotopic (exact) mass is 336 g/mol. The average Bonchev–Trinajstić information content (AvgIpc) is 3.10. The lowest BCUT2D eigenvalue weighted by Gasteiger charge is -2.09. The van der Waals surface area contributed by atoms with E-state index < -0.39 is 0 Å². The van der Waals surface area contributed by atoms with Crippen LogP contribution in [0.5, 0.6) is 11.5 Å². The van der Waals surface area contributed by atoms with Crippen molar-refractivity contribution in [2.45, 2.75) is 6.54 Å². The molecule has 6 heteroatoms. The minimum absolute atomic E-state index is 0.134. The summed E-state index contributed by atoms with van der Waals surface area (Å²) in [5, 5.41) is 9.83. The van der Waals surface area contributed by atoms with Gasteiger partial charge in [-0.05, 0) is 35.9 Å². The summed E-state index contributed by atoms with van der Waals surface area (Å²) in [6, 6.07) is 12.8. The van der Waals surface area contributed by atoms with E-state index in [-0.39, 0.29) is 25.5 Å². The van der Waals surface area contributed by atoms with Crippen LogP contribution >= 0.6 is 0 Å². The molecule has 1 aliphatic rings. The molecule has 25 heavy (non-hydrogen) atoms. The Bertz CT molecular complexity index is 1020. The quantitative estimate of drug-likeness (QED) is 0.791. The standard InChI is InChI=1S/C19H16N2O4/c22-10-9-21-18(20-15-4-2-1-3-14(15)19(21)23)8-6-13-5-7-16-17(11-13)25-12-24-16/h1-8,11,22H,9-10,12H2/b8-6+. The number of benzene rings is 2. The third kappa shape index (κ3) is 2.88. The maximum Gasteiger partial charge on any atom is 0.261 e. The van der Waals surface area contributed by atoms with Crippen molar-refractivity contribution in [3.8, 4) is 11.5 Å². The van der Waals surface area contributed by atoms with Gasteiger partial charge < -0.3 is 14.6 Å². The van der Waals surface area contributed by atoms with Crippen LogP contribution in [0.4, 0.5) is 0 Å². The molecule has 3 aromatic rings. The Morgan fingerprint density at radius 1 is 1.12 bits per heavy atom. The number of rotatable bonds is 4. The Balaban J connectivity index is 1.77. The van der Waals surface area contributed by atoms with Gasteiger partial charge in [-0.15, -0.1) is 0 Å². The predicted octanol–water partition coefficient (Wildman–Crippen LogP) is 2.29. The number of para-hydroxylation sites is 1. The summed E-state index contributed by atoms with van der Waals surface area (Å²) in [4.78, 5) is 17.2. The van der Waals surface area contributed by atoms with Gasteiger partial charge in [0.15, 0.2) is 11.5 Å². The van der Waals surface area contributed by atoms with Crippen molar-refractivity contribution in [1.82, 2.24) is 9.55 Å². The Morgan fingerprint density at radius 3 is 2.84 bits per heavy atom. The second-order valence-electron chi connectivity index (χ2n) is 5.61. The van der Waals surface area contributed by atoms with Crippen molar-refractivity contribution >= 4 is 23.1 Å². The van der Waals surface area contributed by atoms with Gasteiger partial charge in [-0.2, -0.15) is 0 Å². The van der Waals surface area contributed by atoms with Crippen LogP contribution in [0.25, 0.3) is 23.1 Å². The minimum atomic E-state index is -0.162. The van der Waals surface area contributed by atoms with Crippen LogP contribution in [0.1, 0.15) is 11.4 Å². The zero-order chi connectivity index (χ0) is 17.2. The van der Waals surface area contributed by atoms with Crippen LogP contribution in [0.15, 0.2) is 47.3 Å². The fourth-order valence-corrected chi connectivity index (χ4v) is 2.82. The molecule has 0 amide bonds. The van der Waals surface area contributed by atoms with Crippen molar-refractivity contribution in [3.63, 3.8) is 0 Å². The van der Waals surface area contributed by atoms with Crippen molar-refractivity contribution in [2.75, 3.05) is 13.4 Å². The zero-order valence-corrected chi connectivity index (χ0v) is 13.4. The molecular formula is C19H16N2O4. The highest BCUT2D eigenvalue weighted by atomic mass is 16.7. The van der Waals surface area contributed by atoms with Crippen LogP contribution in [0.2, 0.25) is 0 Å². The molecule has 0 atom stereocenters. The molecule has 2 aromatic carbocycles. The van der Waals surface area contributed by atoms with Gasteiger partial charge in [0.1, 0.15) is 5.82 Å². The van der Waals surface area contributed by atoms with Gasteiger partial charge in [-0.3, -0.25) is 9.36 Å². The van der Waals surface area contributed by atoms with Gasteiger partial charge in [0.05, 0.1) is 24.1 Å². The predicted molar refractivity (Wildman–Crippen MR) is 94.6 cm³/mol. The third-order valence-electron chi connectivity index (χ3n) is 4.04. The Hall–Kier alpha value is -3.12. The molecule has 0 spiro atoms. The molecule has 1 aliphatic heterocycles. The van der Waals surface area contributed by atoms with E-state index >= 15 is 0 Å². The van der Waals surface area contributed by atoms with Crippen LogP contribution in [-0.4, -0.2) is 28.1 Å². The first-order valence-corrected chi connectivity index (χ1v) is 7.94. The van der Waals surface area contributed by atoms with Gasteiger partial charge in [0.25, 0.3) is 5.56 Å². The molecular weight excluding hydrogens is 320 g/mol. The first-order chi connectivity index (χ1) is 12.3. The fraction of sp³-hybridized carbons (Fsp3) is 0.158. The van der Waals surface area contributed by atoms with Gasteiger partial charge in [0.2, 0.25) is 6.79 Å². The fourth-order valence-electron chi connectivity index (χ4n) is 2.82. The average molecular weight is 336 g/mol. The largest absolute Gasteiger partial charge is 0.454 e. The molecule has 0 bridgehead atoms. The summed E-state index contributed by atoms with van der Waals surface area (Å²) >= 11 is 0. The Kier molecular flexibility index (Phi) is 3.95. The SMILES string of the molecule is O=c1c2ccccc2nc(/C=C/c2ccc3c(c2)OCO3)n1CCO. The number of aliphatic hydroxyl groups excluding tert-OH is 1. The van der Waals surface area contributed by atoms with E-state index in [1.807, 2.05) is 30.3 Å². The number of hydrogen-bond donors (Lipinski definition) is 1. The number of aliphatic hydroxyl groups is 1. The number of hydrogen-bond acceptors (Lipinski definition) is 5. The maximum atomic E-state index is 12.6. The summed E-state index contributed by atoms with van der Waals surface area (Å²) in [5.41, 5.74) is 1.37. The normalized spacial score (nSPS) is 13.0. The van der Waals surface area contributed by atoms with E-state index in [0.29, 0.717) is 22.5 Å². The van der Waals surface area contributed by atoms with Crippen molar-refractivity contribution in [2.24, 2.45) is 0 Å². The van der Waals surface area contributed by atoms with Crippen molar-refractivity contribution < 1.29 is 14.6 Å². The molecule has 0 fully saturated rings. The molecule has 2 heterocycles. The Labute approximate surface area is 143 Å². The molecule has 0 saturated carbocycles. The minimum Gasteiger partial charge on any atom is -0.454 e. The van der Waals surface area contributed by atoms with Crippen molar-refractivity contribution in [3.05, 3.63) is 64.2 Å². The number of nitrogens with zero attached hydrogens (tertiary/aromatic N) is 2. The number of fused-ring (bicyclic) bond motifs is 2. The maximum absolute atomic E-state index is 12.6. The van der Waals surface area contributed by atoms with Gasteiger partial charge in [-0.25, -0.2) is 4.98 Å². The van der Waals surface area contributed by atoms with Gasteiger partial charge >= 0.3 is 0 Å². The van der Waals surface area contributed by atoms with Gasteiger partial charge in [-0.1, -0.05) is 24.3 Å². The van der Waals surface area contributed by atoms with E-state index in [1.54, 1.807) is 24.3 Å². The van der Waals surface area contributed by atoms with E-state index in [1.165, 1.54) is 4.57 Å². The molecule has 1 aromatic heterocycles. The highest BCUT2D eigenvalue weighted by molar-refractivity contribution is 5.79. The van der Waals surface area contributed by atoms with Crippen LogP contribution in [-0.2, 0) is 6.54 Å². The van der Waals surface area contributed by atoms with Gasteiger partial charge in [0, 0.05) is 0 Å². The first-order valence-electron chi connectivity index (χ1n) is 7.94. The Morgan fingerprint density at radius 2 is 1.96 bits per heavy atom. The van der Waals surface area contributed by atoms with E-state index in [2.05, 4.69) is 4.98 Å². The second-order valence-corrected chi connectivity index (χ2v) is 5.61.